The normalized spacial score (nSPS) is 35.2. The molecule has 0 saturated heterocycles. The summed E-state index contributed by atoms with van der Waals surface area (Å²) in [6.07, 6.45) is -4.80. The molecule has 9 heteroatoms. The Kier molecular flexibility index (Phi) is 7.00. The maximum absolute atomic E-state index is 12.6. The molecule has 0 unspecified atom stereocenters. The van der Waals surface area contributed by atoms with Crippen molar-refractivity contribution in [1.29, 1.82) is 0 Å². The van der Waals surface area contributed by atoms with Crippen molar-refractivity contribution in [2.24, 2.45) is 17.3 Å². The smallest absolute Gasteiger partial charge is 0.336 e. The fourth-order valence-corrected chi connectivity index (χ4v) is 4.44. The summed E-state index contributed by atoms with van der Waals surface area (Å²) in [6, 6.07) is 0. The monoisotopic (exact) mass is 412 g/mol. The number of Topliss-reactive ketones (excluding diaryl/α,β-unsaturated/α-hetero) is 1. The molecule has 2 fully saturated rings. The topological polar surface area (TPSA) is 151 Å². The van der Waals surface area contributed by atoms with Crippen LogP contribution in [-0.4, -0.2) is 76.3 Å². The van der Waals surface area contributed by atoms with Gasteiger partial charge in [-0.25, -0.2) is 9.59 Å². The number of ketones is 1. The predicted octanol–water partition coefficient (Wildman–Crippen LogP) is -0.736. The van der Waals surface area contributed by atoms with Gasteiger partial charge in [0.05, 0.1) is 43.3 Å². The van der Waals surface area contributed by atoms with E-state index in [0.717, 1.165) is 7.11 Å². The standard InChI is InChI=1S/C20H28O9/c1-9(12(23)8-21)19(27)29-13-7-20(3)14(24)6-5-11(22)16(20)17(25)15(13)10(2)18(26)28-4/h12-17,21,23-25H,1-2,5-8H2,3-4H3/t12-,13-,14+,15+,16+,17+,20-/m1/s1. The zero-order valence-electron chi connectivity index (χ0n) is 16.5. The van der Waals surface area contributed by atoms with Crippen LogP contribution in [0.2, 0.25) is 0 Å². The molecule has 162 valence electrons. The second-order valence-electron chi connectivity index (χ2n) is 7.91. The molecule has 9 nitrogen and oxygen atoms in total. The second kappa shape index (κ2) is 8.74. The van der Waals surface area contributed by atoms with Gasteiger partial charge in [-0.15, -0.1) is 0 Å². The van der Waals surface area contributed by atoms with Crippen LogP contribution in [0, 0.1) is 17.3 Å². The Labute approximate surface area is 168 Å². The zero-order chi connectivity index (χ0) is 22.1. The summed E-state index contributed by atoms with van der Waals surface area (Å²) in [4.78, 5) is 37.0. The maximum Gasteiger partial charge on any atom is 0.336 e. The molecule has 0 amide bonds. The van der Waals surface area contributed by atoms with Gasteiger partial charge in [0.15, 0.2) is 0 Å². The minimum absolute atomic E-state index is 0.0312. The molecular formula is C20H28O9. The van der Waals surface area contributed by atoms with Gasteiger partial charge in [-0.2, -0.15) is 0 Å². The van der Waals surface area contributed by atoms with Crippen molar-refractivity contribution in [1.82, 2.24) is 0 Å². The lowest BCUT2D eigenvalue weighted by Crippen LogP contribution is -2.62. The number of hydrogen-bond donors (Lipinski definition) is 4. The molecule has 0 aromatic heterocycles. The minimum atomic E-state index is -1.54. The van der Waals surface area contributed by atoms with E-state index in [1.165, 1.54) is 0 Å². The first kappa shape index (κ1) is 23.2. The third kappa shape index (κ3) is 4.13. The molecule has 0 spiro atoms. The Morgan fingerprint density at radius 1 is 1.28 bits per heavy atom. The van der Waals surface area contributed by atoms with Crippen LogP contribution in [0.3, 0.4) is 0 Å². The van der Waals surface area contributed by atoms with Gasteiger partial charge in [-0.3, -0.25) is 4.79 Å². The molecule has 0 heterocycles. The third-order valence-corrected chi connectivity index (χ3v) is 6.18. The summed E-state index contributed by atoms with van der Waals surface area (Å²) < 4.78 is 10.1. The van der Waals surface area contributed by atoms with Crippen molar-refractivity contribution in [2.45, 2.75) is 50.6 Å². The molecule has 2 aliphatic rings. The SMILES string of the molecule is C=C(C(=O)OC)[C@@H]1[C@H](O)[C@@H]2C(=O)CC[C@H](O)[C@@]2(C)C[C@H]1OC(=O)C(=C)[C@H](O)CO. The van der Waals surface area contributed by atoms with Crippen LogP contribution >= 0.6 is 0 Å². The highest BCUT2D eigenvalue weighted by Crippen LogP contribution is 2.52. The van der Waals surface area contributed by atoms with E-state index in [0.29, 0.717) is 0 Å². The van der Waals surface area contributed by atoms with Gasteiger partial charge < -0.3 is 29.9 Å². The average molecular weight is 412 g/mol. The van der Waals surface area contributed by atoms with Crippen molar-refractivity contribution in [3.05, 3.63) is 24.3 Å². The summed E-state index contributed by atoms with van der Waals surface area (Å²) in [7, 11) is 1.13. The summed E-state index contributed by atoms with van der Waals surface area (Å²) in [6.45, 7) is 7.92. The maximum atomic E-state index is 12.6. The number of methoxy groups -OCH3 is 1. The van der Waals surface area contributed by atoms with E-state index in [1.54, 1.807) is 6.92 Å². The number of esters is 2. The summed E-state index contributed by atoms with van der Waals surface area (Å²) in [5.41, 5.74) is -1.68. The molecular weight excluding hydrogens is 384 g/mol. The molecule has 0 aromatic carbocycles. The molecule has 2 saturated carbocycles. The van der Waals surface area contributed by atoms with Crippen molar-refractivity contribution in [3.8, 4) is 0 Å². The number of aliphatic hydroxyl groups excluding tert-OH is 4. The van der Waals surface area contributed by atoms with Crippen LogP contribution in [0.25, 0.3) is 0 Å². The number of hydrogen-bond acceptors (Lipinski definition) is 9. The van der Waals surface area contributed by atoms with Crippen LogP contribution in [0.15, 0.2) is 24.3 Å². The van der Waals surface area contributed by atoms with E-state index in [9.17, 15) is 29.7 Å². The van der Waals surface area contributed by atoms with Crippen LogP contribution in [0.4, 0.5) is 0 Å². The number of aliphatic hydroxyl groups is 4. The zero-order valence-corrected chi connectivity index (χ0v) is 16.5. The van der Waals surface area contributed by atoms with Gasteiger partial charge in [-0.1, -0.05) is 20.1 Å². The first-order valence-electron chi connectivity index (χ1n) is 9.34. The average Bonchev–Trinajstić information content (AvgIpc) is 2.68. The molecule has 0 aromatic rings. The van der Waals surface area contributed by atoms with Gasteiger partial charge in [0, 0.05) is 17.4 Å². The number of ether oxygens (including phenoxy) is 2. The van der Waals surface area contributed by atoms with Crippen molar-refractivity contribution >= 4 is 17.7 Å². The van der Waals surface area contributed by atoms with E-state index in [4.69, 9.17) is 9.84 Å². The van der Waals surface area contributed by atoms with E-state index in [1.807, 2.05) is 0 Å². The number of fused-ring (bicyclic) bond motifs is 1. The lowest BCUT2D eigenvalue weighted by atomic mass is 9.53. The van der Waals surface area contributed by atoms with Gasteiger partial charge in [0.1, 0.15) is 18.0 Å². The van der Waals surface area contributed by atoms with E-state index < -0.39 is 65.8 Å². The largest absolute Gasteiger partial charge is 0.466 e. The Bertz CT molecular complexity index is 715. The van der Waals surface area contributed by atoms with Crippen LogP contribution < -0.4 is 0 Å². The molecule has 0 aliphatic heterocycles. The highest BCUT2D eigenvalue weighted by atomic mass is 16.5. The molecule has 7 atom stereocenters. The fraction of sp³-hybridized carbons (Fsp3) is 0.650. The second-order valence-corrected chi connectivity index (χ2v) is 7.91. The Balaban J connectivity index is 2.42. The first-order valence-corrected chi connectivity index (χ1v) is 9.34. The molecule has 0 radical (unpaired) electrons. The molecule has 29 heavy (non-hydrogen) atoms. The quantitative estimate of drug-likeness (QED) is 0.327. The number of carbonyl (C=O) groups is 3. The summed E-state index contributed by atoms with van der Waals surface area (Å²) in [5.74, 6) is -4.25. The van der Waals surface area contributed by atoms with Crippen molar-refractivity contribution < 1.29 is 44.3 Å². The van der Waals surface area contributed by atoms with Crippen molar-refractivity contribution in [2.75, 3.05) is 13.7 Å². The Morgan fingerprint density at radius 3 is 2.45 bits per heavy atom. The third-order valence-electron chi connectivity index (χ3n) is 6.18. The minimum Gasteiger partial charge on any atom is -0.466 e. The summed E-state index contributed by atoms with van der Waals surface area (Å²) in [5, 5.41) is 40.2. The van der Waals surface area contributed by atoms with Gasteiger partial charge in [-0.05, 0) is 12.8 Å². The van der Waals surface area contributed by atoms with Crippen LogP contribution in [0.1, 0.15) is 26.2 Å². The van der Waals surface area contributed by atoms with E-state index >= 15 is 0 Å². The summed E-state index contributed by atoms with van der Waals surface area (Å²) >= 11 is 0. The van der Waals surface area contributed by atoms with Crippen molar-refractivity contribution in [3.63, 3.8) is 0 Å². The predicted molar refractivity (Wildman–Crippen MR) is 99.2 cm³/mol. The molecule has 0 bridgehead atoms. The van der Waals surface area contributed by atoms with Gasteiger partial charge >= 0.3 is 11.9 Å². The fourth-order valence-electron chi connectivity index (χ4n) is 4.44. The highest BCUT2D eigenvalue weighted by Gasteiger charge is 2.60. The van der Waals surface area contributed by atoms with Gasteiger partial charge in [0.25, 0.3) is 0 Å². The van der Waals surface area contributed by atoms with E-state index in [2.05, 4.69) is 17.9 Å². The number of rotatable bonds is 6. The molecule has 2 rings (SSSR count). The van der Waals surface area contributed by atoms with Gasteiger partial charge in [0.2, 0.25) is 0 Å². The van der Waals surface area contributed by atoms with Crippen LogP contribution in [-0.2, 0) is 23.9 Å². The van der Waals surface area contributed by atoms with E-state index in [-0.39, 0.29) is 30.6 Å². The molecule has 4 N–H and O–H groups in total. The first-order chi connectivity index (χ1) is 13.5. The highest BCUT2D eigenvalue weighted by molar-refractivity contribution is 5.91. The molecule has 2 aliphatic carbocycles. The lowest BCUT2D eigenvalue weighted by Gasteiger charge is -2.54. The lowest BCUT2D eigenvalue weighted by molar-refractivity contribution is -0.189. The Morgan fingerprint density at radius 2 is 1.90 bits per heavy atom. The Hall–Kier alpha value is -2.07. The van der Waals surface area contributed by atoms with Crippen LogP contribution in [0.5, 0.6) is 0 Å². The number of carbonyl (C=O) groups excluding carboxylic acids is 3.